The average Bonchev–Trinajstić information content (AvgIpc) is 2.29. The quantitative estimate of drug-likeness (QED) is 0.622. The zero-order valence-electron chi connectivity index (χ0n) is 10.1. The SMILES string of the molecule is C/C=C/CCNCc1ccc(OC(F)(F)F)cc1. The molecule has 100 valence electrons. The van der Waals surface area contributed by atoms with E-state index in [0.29, 0.717) is 6.54 Å². The van der Waals surface area contributed by atoms with E-state index in [-0.39, 0.29) is 5.75 Å². The highest BCUT2D eigenvalue weighted by Crippen LogP contribution is 2.22. The van der Waals surface area contributed by atoms with Crippen molar-refractivity contribution in [3.63, 3.8) is 0 Å². The molecule has 18 heavy (non-hydrogen) atoms. The van der Waals surface area contributed by atoms with Gasteiger partial charge in [-0.05, 0) is 37.6 Å². The standard InChI is InChI=1S/C13H16F3NO/c1-2-3-4-9-17-10-11-5-7-12(8-6-11)18-13(14,15)16/h2-3,5-8,17H,4,9-10H2,1H3/b3-2+. The number of hydrogen-bond acceptors (Lipinski definition) is 2. The van der Waals surface area contributed by atoms with Gasteiger partial charge >= 0.3 is 6.36 Å². The van der Waals surface area contributed by atoms with Crippen LogP contribution in [0, 0.1) is 0 Å². The second kappa shape index (κ2) is 7.06. The van der Waals surface area contributed by atoms with Crippen LogP contribution in [0.25, 0.3) is 0 Å². The predicted molar refractivity (Wildman–Crippen MR) is 64.3 cm³/mol. The van der Waals surface area contributed by atoms with Crippen LogP contribution < -0.4 is 10.1 Å². The number of allylic oxidation sites excluding steroid dienone is 1. The monoisotopic (exact) mass is 259 g/mol. The van der Waals surface area contributed by atoms with Crippen LogP contribution in [0.3, 0.4) is 0 Å². The van der Waals surface area contributed by atoms with Gasteiger partial charge in [-0.25, -0.2) is 0 Å². The number of alkyl halides is 3. The minimum atomic E-state index is -4.63. The summed E-state index contributed by atoms with van der Waals surface area (Å²) in [6.45, 7) is 3.42. The summed E-state index contributed by atoms with van der Waals surface area (Å²) >= 11 is 0. The molecule has 1 aromatic carbocycles. The lowest BCUT2D eigenvalue weighted by molar-refractivity contribution is -0.274. The Morgan fingerprint density at radius 3 is 2.44 bits per heavy atom. The number of rotatable bonds is 6. The highest BCUT2D eigenvalue weighted by atomic mass is 19.4. The molecule has 0 heterocycles. The van der Waals surface area contributed by atoms with E-state index < -0.39 is 6.36 Å². The summed E-state index contributed by atoms with van der Waals surface area (Å²) in [4.78, 5) is 0. The van der Waals surface area contributed by atoms with E-state index in [1.807, 2.05) is 19.1 Å². The molecule has 0 saturated heterocycles. The molecule has 0 radical (unpaired) electrons. The molecule has 0 aliphatic carbocycles. The molecule has 0 unspecified atom stereocenters. The largest absolute Gasteiger partial charge is 0.573 e. The third-order valence-corrected chi connectivity index (χ3v) is 2.21. The van der Waals surface area contributed by atoms with Crippen LogP contribution >= 0.6 is 0 Å². The van der Waals surface area contributed by atoms with Crippen LogP contribution in [-0.2, 0) is 6.54 Å². The third kappa shape index (κ3) is 6.30. The van der Waals surface area contributed by atoms with Crippen molar-refractivity contribution < 1.29 is 17.9 Å². The Balaban J connectivity index is 2.36. The van der Waals surface area contributed by atoms with Gasteiger partial charge in [-0.2, -0.15) is 0 Å². The smallest absolute Gasteiger partial charge is 0.406 e. The normalized spacial score (nSPS) is 12.0. The lowest BCUT2D eigenvalue weighted by Gasteiger charge is -2.09. The van der Waals surface area contributed by atoms with Crippen LogP contribution in [0.4, 0.5) is 13.2 Å². The van der Waals surface area contributed by atoms with Crippen molar-refractivity contribution in [3.05, 3.63) is 42.0 Å². The van der Waals surface area contributed by atoms with E-state index in [9.17, 15) is 13.2 Å². The van der Waals surface area contributed by atoms with Crippen molar-refractivity contribution >= 4 is 0 Å². The second-order valence-electron chi connectivity index (χ2n) is 3.73. The summed E-state index contributed by atoms with van der Waals surface area (Å²) in [6, 6.07) is 5.86. The molecule has 0 aromatic heterocycles. The van der Waals surface area contributed by atoms with E-state index in [4.69, 9.17) is 0 Å². The zero-order valence-corrected chi connectivity index (χ0v) is 10.1. The minimum Gasteiger partial charge on any atom is -0.406 e. The second-order valence-corrected chi connectivity index (χ2v) is 3.73. The van der Waals surface area contributed by atoms with E-state index in [2.05, 4.69) is 10.1 Å². The van der Waals surface area contributed by atoms with Gasteiger partial charge in [-0.3, -0.25) is 0 Å². The maximum absolute atomic E-state index is 11.9. The van der Waals surface area contributed by atoms with Gasteiger partial charge in [-0.15, -0.1) is 13.2 Å². The van der Waals surface area contributed by atoms with Crippen molar-refractivity contribution in [1.82, 2.24) is 5.32 Å². The van der Waals surface area contributed by atoms with E-state index in [0.717, 1.165) is 18.5 Å². The van der Waals surface area contributed by atoms with Gasteiger partial charge in [0.15, 0.2) is 0 Å². The Morgan fingerprint density at radius 2 is 1.89 bits per heavy atom. The zero-order chi connectivity index (χ0) is 13.4. The van der Waals surface area contributed by atoms with Crippen LogP contribution in [-0.4, -0.2) is 12.9 Å². The number of benzene rings is 1. The number of halogens is 3. The number of hydrogen-bond donors (Lipinski definition) is 1. The van der Waals surface area contributed by atoms with Gasteiger partial charge in [0.2, 0.25) is 0 Å². The van der Waals surface area contributed by atoms with Crippen LogP contribution in [0.1, 0.15) is 18.9 Å². The fourth-order valence-electron chi connectivity index (χ4n) is 1.39. The molecule has 0 amide bonds. The molecule has 1 rings (SSSR count). The maximum atomic E-state index is 11.9. The fourth-order valence-corrected chi connectivity index (χ4v) is 1.39. The lowest BCUT2D eigenvalue weighted by Crippen LogP contribution is -2.17. The Kier molecular flexibility index (Phi) is 5.71. The van der Waals surface area contributed by atoms with Gasteiger partial charge in [0.05, 0.1) is 0 Å². The topological polar surface area (TPSA) is 21.3 Å². The summed E-state index contributed by atoms with van der Waals surface area (Å²) in [7, 11) is 0. The first-order valence-electron chi connectivity index (χ1n) is 5.68. The maximum Gasteiger partial charge on any atom is 0.573 e. The highest BCUT2D eigenvalue weighted by molar-refractivity contribution is 5.27. The Hall–Kier alpha value is -1.49. The molecule has 0 atom stereocenters. The summed E-state index contributed by atoms with van der Waals surface area (Å²) in [5.41, 5.74) is 0.921. The van der Waals surface area contributed by atoms with E-state index in [1.165, 1.54) is 12.1 Å². The molecule has 0 spiro atoms. The van der Waals surface area contributed by atoms with Crippen molar-refractivity contribution in [2.75, 3.05) is 6.54 Å². The van der Waals surface area contributed by atoms with E-state index >= 15 is 0 Å². The molecule has 2 nitrogen and oxygen atoms in total. The van der Waals surface area contributed by atoms with Gasteiger partial charge in [-0.1, -0.05) is 24.3 Å². The first-order valence-corrected chi connectivity index (χ1v) is 5.68. The van der Waals surface area contributed by atoms with Crippen molar-refractivity contribution in [1.29, 1.82) is 0 Å². The summed E-state index contributed by atoms with van der Waals surface area (Å²) in [6.07, 6.45) is 0.330. The van der Waals surface area contributed by atoms with Crippen molar-refractivity contribution in [2.45, 2.75) is 26.3 Å². The molecule has 1 aromatic rings. The van der Waals surface area contributed by atoms with Crippen LogP contribution in [0.15, 0.2) is 36.4 Å². The molecule has 0 bridgehead atoms. The molecule has 0 saturated carbocycles. The summed E-state index contributed by atoms with van der Waals surface area (Å²) in [5, 5.41) is 3.19. The van der Waals surface area contributed by atoms with Gasteiger partial charge < -0.3 is 10.1 Å². The molecular weight excluding hydrogens is 243 g/mol. The van der Waals surface area contributed by atoms with Crippen molar-refractivity contribution in [3.8, 4) is 5.75 Å². The van der Waals surface area contributed by atoms with Crippen LogP contribution in [0.5, 0.6) is 5.75 Å². The first kappa shape index (κ1) is 14.6. The predicted octanol–water partition coefficient (Wildman–Crippen LogP) is 3.64. The summed E-state index contributed by atoms with van der Waals surface area (Å²) < 4.78 is 39.6. The van der Waals surface area contributed by atoms with Gasteiger partial charge in [0.1, 0.15) is 5.75 Å². The number of nitrogens with one attached hydrogen (secondary N) is 1. The molecule has 0 aliphatic heterocycles. The first-order chi connectivity index (χ1) is 8.51. The molecule has 0 fully saturated rings. The fraction of sp³-hybridized carbons (Fsp3) is 0.385. The van der Waals surface area contributed by atoms with E-state index in [1.54, 1.807) is 12.1 Å². The van der Waals surface area contributed by atoms with Gasteiger partial charge in [0.25, 0.3) is 0 Å². The Morgan fingerprint density at radius 1 is 1.22 bits per heavy atom. The molecule has 5 heteroatoms. The number of ether oxygens (including phenoxy) is 1. The highest BCUT2D eigenvalue weighted by Gasteiger charge is 2.30. The Bertz CT molecular complexity index is 371. The van der Waals surface area contributed by atoms with Gasteiger partial charge in [0, 0.05) is 6.54 Å². The van der Waals surface area contributed by atoms with Crippen LogP contribution in [0.2, 0.25) is 0 Å². The average molecular weight is 259 g/mol. The molecular formula is C13H16F3NO. The Labute approximate surface area is 104 Å². The van der Waals surface area contributed by atoms with Crippen molar-refractivity contribution in [2.24, 2.45) is 0 Å². The molecule has 1 N–H and O–H groups in total. The lowest BCUT2D eigenvalue weighted by atomic mass is 10.2. The third-order valence-electron chi connectivity index (χ3n) is 2.21. The summed E-state index contributed by atoms with van der Waals surface area (Å²) in [5.74, 6) is -0.194. The molecule has 0 aliphatic rings. The minimum absolute atomic E-state index is 0.194.